The van der Waals surface area contributed by atoms with Crippen LogP contribution in [0.1, 0.15) is 0 Å². The highest BCUT2D eigenvalue weighted by Gasteiger charge is 2.06. The first-order chi connectivity index (χ1) is 8.58. The molecule has 0 fully saturated rings. The lowest BCUT2D eigenvalue weighted by Crippen LogP contribution is -2.10. The maximum atomic E-state index is 13.5. The summed E-state index contributed by atoms with van der Waals surface area (Å²) in [5, 5.41) is -0.00713. The van der Waals surface area contributed by atoms with Gasteiger partial charge in [0.2, 0.25) is 0 Å². The Morgan fingerprint density at radius 3 is 2.39 bits per heavy atom. The minimum atomic E-state index is -0.570. The second-order valence-corrected chi connectivity index (χ2v) is 4.29. The van der Waals surface area contributed by atoms with Gasteiger partial charge in [0.15, 0.2) is 5.82 Å². The molecular weight excluding hydrogens is 281 g/mol. The summed E-state index contributed by atoms with van der Waals surface area (Å²) < 4.78 is 26.4. The Morgan fingerprint density at radius 2 is 1.67 bits per heavy atom. The van der Waals surface area contributed by atoms with E-state index in [0.29, 0.717) is 5.69 Å². The summed E-state index contributed by atoms with van der Waals surface area (Å²) in [6.07, 6.45) is 0. The number of rotatable bonds is 3. The third kappa shape index (κ3) is 2.83. The zero-order valence-electron chi connectivity index (χ0n) is 8.98. The first-order valence-electron chi connectivity index (χ1n) is 4.99. The molecule has 0 aliphatic rings. The molecule has 0 aliphatic carbocycles. The Hall–Kier alpha value is -1.52. The molecule has 0 heterocycles. The number of hydrogen-bond acceptors (Lipinski definition) is 2. The van der Waals surface area contributed by atoms with Gasteiger partial charge in [0.05, 0.1) is 21.4 Å². The molecule has 0 saturated heterocycles. The van der Waals surface area contributed by atoms with Crippen LogP contribution < -0.4 is 10.9 Å². The van der Waals surface area contributed by atoms with Gasteiger partial charge in [-0.2, -0.15) is 0 Å². The molecular formula is C12H8Cl2F2N2. The average Bonchev–Trinajstić information content (AvgIpc) is 2.35. The quantitative estimate of drug-likeness (QED) is 0.799. The highest BCUT2D eigenvalue weighted by molar-refractivity contribution is 6.31. The van der Waals surface area contributed by atoms with Crippen LogP contribution in [0.3, 0.4) is 0 Å². The second kappa shape index (κ2) is 5.42. The van der Waals surface area contributed by atoms with E-state index in [4.69, 9.17) is 23.2 Å². The fourth-order valence-corrected chi connectivity index (χ4v) is 1.67. The lowest BCUT2D eigenvalue weighted by Gasteiger charge is -2.11. The van der Waals surface area contributed by atoms with Crippen molar-refractivity contribution in [1.82, 2.24) is 0 Å². The maximum absolute atomic E-state index is 13.5. The molecule has 0 aromatic heterocycles. The predicted molar refractivity (Wildman–Crippen MR) is 70.1 cm³/mol. The van der Waals surface area contributed by atoms with E-state index >= 15 is 0 Å². The minimum absolute atomic E-state index is 0.0129. The maximum Gasteiger partial charge on any atom is 0.166 e. The normalized spacial score (nSPS) is 10.2. The fraction of sp³-hybridized carbons (Fsp3) is 0. The zero-order valence-corrected chi connectivity index (χ0v) is 10.5. The van der Waals surface area contributed by atoms with Gasteiger partial charge in [0.25, 0.3) is 0 Å². The summed E-state index contributed by atoms with van der Waals surface area (Å²) in [6.45, 7) is 0. The summed E-state index contributed by atoms with van der Waals surface area (Å²) in [7, 11) is 0. The standard InChI is InChI=1S/C12H8Cl2F2N2/c13-8-2-1-3-11(12(8)16)18-17-7-4-5-10(15)9(14)6-7/h1-6,17-18H. The third-order valence-electron chi connectivity index (χ3n) is 2.21. The van der Waals surface area contributed by atoms with Gasteiger partial charge in [0.1, 0.15) is 5.82 Å². The van der Waals surface area contributed by atoms with E-state index in [1.807, 2.05) is 0 Å². The van der Waals surface area contributed by atoms with Crippen molar-refractivity contribution in [2.45, 2.75) is 0 Å². The van der Waals surface area contributed by atoms with Crippen molar-refractivity contribution >= 4 is 34.6 Å². The Bertz CT molecular complexity index is 576. The highest BCUT2D eigenvalue weighted by Crippen LogP contribution is 2.23. The summed E-state index contributed by atoms with van der Waals surface area (Å²) in [4.78, 5) is 0. The summed E-state index contributed by atoms with van der Waals surface area (Å²) >= 11 is 11.2. The van der Waals surface area contributed by atoms with Crippen molar-refractivity contribution < 1.29 is 8.78 Å². The van der Waals surface area contributed by atoms with Crippen LogP contribution >= 0.6 is 23.2 Å². The Labute approximate surface area is 112 Å². The van der Waals surface area contributed by atoms with E-state index in [1.54, 1.807) is 6.07 Å². The molecule has 2 N–H and O–H groups in total. The van der Waals surface area contributed by atoms with Gasteiger partial charge in [-0.05, 0) is 30.3 Å². The van der Waals surface area contributed by atoms with E-state index < -0.39 is 11.6 Å². The molecule has 0 atom stereocenters. The Morgan fingerprint density at radius 1 is 0.889 bits per heavy atom. The van der Waals surface area contributed by atoms with Gasteiger partial charge in [-0.3, -0.25) is 5.43 Å². The van der Waals surface area contributed by atoms with Gasteiger partial charge in [-0.25, -0.2) is 8.78 Å². The molecule has 94 valence electrons. The number of halogens is 4. The van der Waals surface area contributed by atoms with Gasteiger partial charge in [0, 0.05) is 0 Å². The molecule has 2 nitrogen and oxygen atoms in total. The van der Waals surface area contributed by atoms with Crippen molar-refractivity contribution in [2.24, 2.45) is 0 Å². The number of benzene rings is 2. The Balaban J connectivity index is 2.11. The van der Waals surface area contributed by atoms with Gasteiger partial charge in [-0.15, -0.1) is 0 Å². The third-order valence-corrected chi connectivity index (χ3v) is 2.79. The minimum Gasteiger partial charge on any atom is -0.301 e. The van der Waals surface area contributed by atoms with Crippen molar-refractivity contribution in [1.29, 1.82) is 0 Å². The fourth-order valence-electron chi connectivity index (χ4n) is 1.31. The SMILES string of the molecule is Fc1ccc(NNc2cccc(Cl)c2F)cc1Cl. The first-order valence-corrected chi connectivity index (χ1v) is 5.74. The van der Waals surface area contributed by atoms with Crippen molar-refractivity contribution in [3.05, 3.63) is 58.1 Å². The van der Waals surface area contributed by atoms with Crippen LogP contribution in [-0.4, -0.2) is 0 Å². The number of hydrogen-bond donors (Lipinski definition) is 2. The highest BCUT2D eigenvalue weighted by atomic mass is 35.5. The van der Waals surface area contributed by atoms with Crippen LogP contribution in [0.5, 0.6) is 0 Å². The van der Waals surface area contributed by atoms with Crippen molar-refractivity contribution in [3.8, 4) is 0 Å². The van der Waals surface area contributed by atoms with Crippen LogP contribution in [0.25, 0.3) is 0 Å². The van der Waals surface area contributed by atoms with Crippen LogP contribution in [0.15, 0.2) is 36.4 Å². The van der Waals surface area contributed by atoms with Gasteiger partial charge >= 0.3 is 0 Å². The van der Waals surface area contributed by atoms with Crippen LogP contribution in [-0.2, 0) is 0 Å². The molecule has 0 saturated carbocycles. The van der Waals surface area contributed by atoms with E-state index in [2.05, 4.69) is 10.9 Å². The molecule has 2 rings (SSSR count). The molecule has 0 unspecified atom stereocenters. The van der Waals surface area contributed by atoms with Gasteiger partial charge < -0.3 is 5.43 Å². The lowest BCUT2D eigenvalue weighted by atomic mass is 10.3. The van der Waals surface area contributed by atoms with Crippen molar-refractivity contribution in [3.63, 3.8) is 0 Å². The molecule has 2 aromatic carbocycles. The van der Waals surface area contributed by atoms with E-state index in [0.717, 1.165) is 0 Å². The van der Waals surface area contributed by atoms with E-state index in [9.17, 15) is 8.78 Å². The van der Waals surface area contributed by atoms with Crippen molar-refractivity contribution in [2.75, 3.05) is 10.9 Å². The van der Waals surface area contributed by atoms with Crippen LogP contribution in [0.4, 0.5) is 20.2 Å². The molecule has 0 aliphatic heterocycles. The Kier molecular flexibility index (Phi) is 3.89. The molecule has 0 spiro atoms. The smallest absolute Gasteiger partial charge is 0.166 e. The molecule has 0 radical (unpaired) electrons. The molecule has 6 heteroatoms. The van der Waals surface area contributed by atoms with E-state index in [1.165, 1.54) is 30.3 Å². The summed E-state index contributed by atoms with van der Waals surface area (Å²) in [6, 6.07) is 8.62. The largest absolute Gasteiger partial charge is 0.301 e. The van der Waals surface area contributed by atoms with Crippen LogP contribution in [0, 0.1) is 11.6 Å². The number of hydrazine groups is 1. The van der Waals surface area contributed by atoms with E-state index in [-0.39, 0.29) is 15.7 Å². The lowest BCUT2D eigenvalue weighted by molar-refractivity contribution is 0.628. The average molecular weight is 289 g/mol. The first kappa shape index (κ1) is 12.9. The zero-order chi connectivity index (χ0) is 13.1. The number of nitrogens with one attached hydrogen (secondary N) is 2. The summed E-state index contributed by atoms with van der Waals surface area (Å²) in [5.74, 6) is -1.09. The van der Waals surface area contributed by atoms with Gasteiger partial charge in [-0.1, -0.05) is 29.3 Å². The predicted octanol–water partition coefficient (Wildman–Crippen LogP) is 4.71. The second-order valence-electron chi connectivity index (χ2n) is 3.48. The molecule has 0 amide bonds. The molecule has 0 bridgehead atoms. The topological polar surface area (TPSA) is 24.1 Å². The number of anilines is 2. The monoisotopic (exact) mass is 288 g/mol. The molecule has 2 aromatic rings. The summed E-state index contributed by atoms with van der Waals surface area (Å²) in [5.41, 5.74) is 6.01. The molecule has 18 heavy (non-hydrogen) atoms. The van der Waals surface area contributed by atoms with Crippen LogP contribution in [0.2, 0.25) is 10.0 Å².